The number of hydrogen-bond acceptors (Lipinski definition) is 4. The van der Waals surface area contributed by atoms with Crippen LogP contribution in [0.3, 0.4) is 0 Å². The van der Waals surface area contributed by atoms with Crippen LogP contribution in [0.1, 0.15) is 58.9 Å². The third kappa shape index (κ3) is 3.82. The van der Waals surface area contributed by atoms with Gasteiger partial charge in [-0.05, 0) is 50.3 Å². The van der Waals surface area contributed by atoms with Crippen LogP contribution in [-0.4, -0.2) is 17.9 Å². The molecular formula is C22H26FNO3. The Morgan fingerprint density at radius 1 is 1.22 bits per heavy atom. The van der Waals surface area contributed by atoms with E-state index < -0.39 is 11.9 Å². The molecule has 0 saturated heterocycles. The lowest BCUT2D eigenvalue weighted by Gasteiger charge is -2.39. The summed E-state index contributed by atoms with van der Waals surface area (Å²) in [6.45, 7) is 9.52. The second-order valence-corrected chi connectivity index (χ2v) is 8.44. The third-order valence-corrected chi connectivity index (χ3v) is 5.01. The van der Waals surface area contributed by atoms with Crippen molar-refractivity contribution in [3.8, 4) is 0 Å². The number of Topliss-reactive ketones (excluding diaryl/α,β-unsaturated/α-hetero) is 1. The summed E-state index contributed by atoms with van der Waals surface area (Å²) >= 11 is 0. The summed E-state index contributed by atoms with van der Waals surface area (Å²) in [5, 5.41) is 3.28. The number of ether oxygens (including phenoxy) is 1. The lowest BCUT2D eigenvalue weighted by molar-refractivity contribution is -0.143. The monoisotopic (exact) mass is 371 g/mol. The molecule has 0 spiro atoms. The summed E-state index contributed by atoms with van der Waals surface area (Å²) in [7, 11) is 0. The molecule has 1 aromatic rings. The van der Waals surface area contributed by atoms with Crippen LogP contribution >= 0.6 is 0 Å². The number of allylic oxidation sites excluding steroid dienone is 3. The second kappa shape index (κ2) is 6.95. The van der Waals surface area contributed by atoms with E-state index in [1.807, 2.05) is 6.92 Å². The smallest absolute Gasteiger partial charge is 0.337 e. The third-order valence-electron chi connectivity index (χ3n) is 5.01. The lowest BCUT2D eigenvalue weighted by Crippen LogP contribution is -2.39. The molecule has 0 radical (unpaired) electrons. The van der Waals surface area contributed by atoms with Crippen LogP contribution < -0.4 is 5.32 Å². The van der Waals surface area contributed by atoms with Gasteiger partial charge in [0.25, 0.3) is 0 Å². The molecule has 1 aliphatic heterocycles. The molecule has 4 nitrogen and oxygen atoms in total. The Kier molecular flexibility index (Phi) is 4.98. The van der Waals surface area contributed by atoms with E-state index in [-0.39, 0.29) is 23.1 Å². The summed E-state index contributed by atoms with van der Waals surface area (Å²) < 4.78 is 18.9. The fraction of sp³-hybridized carbons (Fsp3) is 0.455. The number of carbonyl (C=O) groups excluding carboxylic acids is 2. The molecule has 1 atom stereocenters. The van der Waals surface area contributed by atoms with Gasteiger partial charge in [0.2, 0.25) is 0 Å². The number of halogens is 1. The summed E-state index contributed by atoms with van der Waals surface area (Å²) in [5.74, 6) is -1.33. The molecule has 27 heavy (non-hydrogen) atoms. The average molecular weight is 371 g/mol. The molecule has 1 unspecified atom stereocenters. The SMILES string of the molecule is CC1=C(C(=O)OC(C)C)C(c2ccc(F)cc2)C2=C(CC(C)(C)CC2=O)N1. The predicted octanol–water partition coefficient (Wildman–Crippen LogP) is 4.38. The van der Waals surface area contributed by atoms with E-state index in [2.05, 4.69) is 19.2 Å². The molecule has 0 aromatic heterocycles. The van der Waals surface area contributed by atoms with Gasteiger partial charge in [-0.3, -0.25) is 4.79 Å². The lowest BCUT2D eigenvalue weighted by atomic mass is 9.68. The van der Waals surface area contributed by atoms with Crippen molar-refractivity contribution in [2.75, 3.05) is 0 Å². The Balaban J connectivity index is 2.15. The van der Waals surface area contributed by atoms with Gasteiger partial charge in [-0.2, -0.15) is 0 Å². The number of dihydropyridines is 1. The molecule has 0 saturated carbocycles. The van der Waals surface area contributed by atoms with Gasteiger partial charge in [-0.15, -0.1) is 0 Å². The van der Waals surface area contributed by atoms with Gasteiger partial charge in [0.1, 0.15) is 5.82 Å². The first-order valence-corrected chi connectivity index (χ1v) is 9.29. The van der Waals surface area contributed by atoms with E-state index >= 15 is 0 Å². The largest absolute Gasteiger partial charge is 0.460 e. The predicted molar refractivity (Wildman–Crippen MR) is 101 cm³/mol. The van der Waals surface area contributed by atoms with Gasteiger partial charge in [-0.1, -0.05) is 26.0 Å². The fourth-order valence-corrected chi connectivity index (χ4v) is 3.97. The number of ketones is 1. The zero-order valence-electron chi connectivity index (χ0n) is 16.5. The Bertz CT molecular complexity index is 847. The molecule has 0 bridgehead atoms. The van der Waals surface area contributed by atoms with Gasteiger partial charge in [0.05, 0.1) is 11.7 Å². The summed E-state index contributed by atoms with van der Waals surface area (Å²) in [6.07, 6.45) is 0.856. The van der Waals surface area contributed by atoms with Crippen molar-refractivity contribution in [3.05, 3.63) is 58.2 Å². The molecule has 1 aliphatic carbocycles. The highest BCUT2D eigenvalue weighted by Gasteiger charge is 2.43. The fourth-order valence-electron chi connectivity index (χ4n) is 3.97. The quantitative estimate of drug-likeness (QED) is 0.801. The Hall–Kier alpha value is -2.43. The first-order valence-electron chi connectivity index (χ1n) is 9.29. The topological polar surface area (TPSA) is 55.4 Å². The Labute approximate surface area is 159 Å². The van der Waals surface area contributed by atoms with Crippen molar-refractivity contribution >= 4 is 11.8 Å². The normalized spacial score (nSPS) is 21.9. The molecule has 3 rings (SSSR count). The zero-order chi connectivity index (χ0) is 19.9. The molecule has 0 amide bonds. The highest BCUT2D eigenvalue weighted by atomic mass is 19.1. The number of nitrogens with one attached hydrogen (secondary N) is 1. The van der Waals surface area contributed by atoms with Crippen molar-refractivity contribution in [1.82, 2.24) is 5.32 Å². The van der Waals surface area contributed by atoms with Crippen molar-refractivity contribution in [1.29, 1.82) is 0 Å². The van der Waals surface area contributed by atoms with Gasteiger partial charge in [0, 0.05) is 29.3 Å². The maximum atomic E-state index is 13.5. The van der Waals surface area contributed by atoms with Crippen LogP contribution in [-0.2, 0) is 14.3 Å². The van der Waals surface area contributed by atoms with Crippen molar-refractivity contribution in [2.45, 2.75) is 59.5 Å². The van der Waals surface area contributed by atoms with Crippen LogP contribution in [0.15, 0.2) is 46.8 Å². The Morgan fingerprint density at radius 3 is 2.44 bits per heavy atom. The number of benzene rings is 1. The zero-order valence-corrected chi connectivity index (χ0v) is 16.5. The van der Waals surface area contributed by atoms with Crippen LogP contribution in [0.5, 0.6) is 0 Å². The second-order valence-electron chi connectivity index (χ2n) is 8.44. The van der Waals surface area contributed by atoms with Crippen molar-refractivity contribution < 1.29 is 18.7 Å². The van der Waals surface area contributed by atoms with E-state index in [1.54, 1.807) is 26.0 Å². The van der Waals surface area contributed by atoms with Crippen LogP contribution in [0.4, 0.5) is 4.39 Å². The molecule has 1 aromatic carbocycles. The van der Waals surface area contributed by atoms with E-state index in [4.69, 9.17) is 4.74 Å². The molecule has 144 valence electrons. The van der Waals surface area contributed by atoms with Crippen LogP contribution in [0.2, 0.25) is 0 Å². The first-order chi connectivity index (χ1) is 12.6. The minimum Gasteiger partial charge on any atom is -0.460 e. The van der Waals surface area contributed by atoms with E-state index in [1.165, 1.54) is 12.1 Å². The number of esters is 1. The minimum atomic E-state index is -0.545. The van der Waals surface area contributed by atoms with E-state index in [0.29, 0.717) is 28.8 Å². The number of hydrogen-bond donors (Lipinski definition) is 1. The average Bonchev–Trinajstić information content (AvgIpc) is 2.52. The molecule has 1 heterocycles. The first kappa shape index (κ1) is 19.3. The van der Waals surface area contributed by atoms with E-state index in [9.17, 15) is 14.0 Å². The highest BCUT2D eigenvalue weighted by molar-refractivity contribution is 6.04. The standard InChI is InChI=1S/C22H26FNO3/c1-12(2)27-21(26)18-13(3)24-16-10-22(4,5)11-17(25)20(16)19(18)14-6-8-15(23)9-7-14/h6-9,12,19,24H,10-11H2,1-5H3. The summed E-state index contributed by atoms with van der Waals surface area (Å²) in [5.41, 5.74) is 3.12. The molecule has 0 fully saturated rings. The maximum absolute atomic E-state index is 13.5. The molecular weight excluding hydrogens is 345 g/mol. The number of rotatable bonds is 3. The minimum absolute atomic E-state index is 0.0189. The van der Waals surface area contributed by atoms with Crippen molar-refractivity contribution in [2.24, 2.45) is 5.41 Å². The highest BCUT2D eigenvalue weighted by Crippen LogP contribution is 2.46. The number of carbonyl (C=O) groups is 2. The Morgan fingerprint density at radius 2 is 1.85 bits per heavy atom. The molecule has 1 N–H and O–H groups in total. The van der Waals surface area contributed by atoms with Gasteiger partial charge in [0.15, 0.2) is 5.78 Å². The van der Waals surface area contributed by atoms with Crippen molar-refractivity contribution in [3.63, 3.8) is 0 Å². The van der Waals surface area contributed by atoms with Crippen LogP contribution in [0, 0.1) is 11.2 Å². The summed E-state index contributed by atoms with van der Waals surface area (Å²) in [6, 6.07) is 5.99. The maximum Gasteiger partial charge on any atom is 0.337 e. The summed E-state index contributed by atoms with van der Waals surface area (Å²) in [4.78, 5) is 25.9. The molecule has 5 heteroatoms. The van der Waals surface area contributed by atoms with Gasteiger partial charge in [-0.25, -0.2) is 9.18 Å². The van der Waals surface area contributed by atoms with Crippen LogP contribution in [0.25, 0.3) is 0 Å². The van der Waals surface area contributed by atoms with E-state index in [0.717, 1.165) is 12.1 Å². The van der Waals surface area contributed by atoms with Gasteiger partial charge < -0.3 is 10.1 Å². The van der Waals surface area contributed by atoms with Gasteiger partial charge >= 0.3 is 5.97 Å². The molecule has 2 aliphatic rings.